The third-order valence-electron chi connectivity index (χ3n) is 14.1. The van der Waals surface area contributed by atoms with Crippen molar-refractivity contribution in [2.45, 2.75) is 127 Å². The van der Waals surface area contributed by atoms with Crippen LogP contribution >= 0.6 is 11.3 Å². The Morgan fingerprint density at radius 3 is 1.69 bits per heavy atom. The van der Waals surface area contributed by atoms with Crippen molar-refractivity contribution in [2.24, 2.45) is 0 Å². The van der Waals surface area contributed by atoms with Gasteiger partial charge < -0.3 is 4.90 Å². The molecule has 9 rings (SSSR count). The third-order valence-corrected chi connectivity index (χ3v) is 31.7. The molecule has 6 aromatic carbocycles. The summed E-state index contributed by atoms with van der Waals surface area (Å²) in [6, 6.07) is 47.1. The number of hydrogen-bond acceptors (Lipinski definition) is 5. The maximum absolute atomic E-state index is 6.89. The van der Waals surface area contributed by atoms with E-state index in [9.17, 15) is 0 Å². The van der Waals surface area contributed by atoms with E-state index in [0.717, 1.165) is 33.4 Å². The van der Waals surface area contributed by atoms with E-state index in [4.69, 9.17) is 9.72 Å². The van der Waals surface area contributed by atoms with Crippen LogP contribution in [0, 0.1) is 0 Å². The predicted molar refractivity (Wildman–Crippen MR) is 284 cm³/mol. The minimum atomic E-state index is -3.02. The fraction of sp³-hybridized carbons (Fsp3) is 0.362. The molecule has 336 valence electrons. The van der Waals surface area contributed by atoms with Gasteiger partial charge in [0.05, 0.1) is 11.4 Å². The van der Waals surface area contributed by atoms with Gasteiger partial charge in [0.15, 0.2) is 0 Å². The van der Waals surface area contributed by atoms with Crippen molar-refractivity contribution in [2.75, 3.05) is 16.5 Å². The maximum Gasteiger partial charge on any atom is 0.0667 e. The van der Waals surface area contributed by atoms with Crippen LogP contribution in [0.15, 0.2) is 127 Å². The minimum absolute atomic E-state index is 0.0219. The van der Waals surface area contributed by atoms with Crippen molar-refractivity contribution < 1.29 is 4.74 Å². The van der Waals surface area contributed by atoms with Gasteiger partial charge in [-0.25, -0.2) is 0 Å². The monoisotopic (exact) mass is 942 g/mol. The largest absolute Gasteiger partial charge is 0.0667 e. The summed E-state index contributed by atoms with van der Waals surface area (Å²) in [7, 11) is 0. The second-order valence-corrected chi connectivity index (χ2v) is 38.4. The Morgan fingerprint density at radius 2 is 1.09 bits per heavy atom. The van der Waals surface area contributed by atoms with Crippen LogP contribution in [0.2, 0.25) is 12.7 Å². The van der Waals surface area contributed by atoms with Crippen molar-refractivity contribution in [1.29, 1.82) is 0 Å². The molecule has 1 aliphatic rings. The van der Waals surface area contributed by atoms with E-state index < -0.39 is 13.3 Å². The van der Waals surface area contributed by atoms with Crippen LogP contribution in [-0.4, -0.2) is 29.5 Å². The molecule has 5 nitrogen and oxygen atoms in total. The molecular formula is C58H68GeN4OS. The Bertz CT molecular complexity index is 3000. The molecule has 0 aliphatic carbocycles. The van der Waals surface area contributed by atoms with E-state index in [0.29, 0.717) is 6.67 Å². The summed E-state index contributed by atoms with van der Waals surface area (Å²) in [5.41, 5.74) is 10.7. The fourth-order valence-electron chi connectivity index (χ4n) is 12.3. The topological polar surface area (TPSA) is 33.5 Å². The summed E-state index contributed by atoms with van der Waals surface area (Å²) in [6.07, 6.45) is 0. The standard InChI is InChI=1S/C58H68GeN4OS/c1-54(2,3)38-31-39(55(4,5)6)33-42(32-38)62-37-61(49-24-17-18-25-50(49)62)41-21-20-22-43(35-41)64-44-28-29-45-46-34-40(59(56(7,8)9,57(10,11)12)58(13,14)15)27-30-48(46)63(51(45)36-44)53-60-47-23-16-19-26-52(47)65-53/h16-36H,37H2,1-15H3. The molecule has 2 aromatic heterocycles. The zero-order valence-corrected chi connectivity index (χ0v) is 44.4. The summed E-state index contributed by atoms with van der Waals surface area (Å²) < 4.78 is 12.5. The SMILES string of the molecule is CC(C)(C)c1cc(N2CN(c3cccc(Oc4ccc5c6c[c]([Ge]([C](C)(C)C)([C](C)(C)C)[C](C)(C)C)ccc6n(-c6nc7ccccc7s6)c5c4)c3)c3ccccc32)cc(C(C)(C)C)c1. The molecule has 0 amide bonds. The molecule has 1 aliphatic heterocycles. The van der Waals surface area contributed by atoms with Gasteiger partial charge in [-0.3, -0.25) is 0 Å². The van der Waals surface area contributed by atoms with Gasteiger partial charge in [-0.05, 0) is 46.2 Å². The molecule has 0 atom stereocenters. The molecule has 7 heteroatoms. The molecule has 65 heavy (non-hydrogen) atoms. The Balaban J connectivity index is 1.13. The van der Waals surface area contributed by atoms with Crippen molar-refractivity contribution in [3.8, 4) is 16.6 Å². The van der Waals surface area contributed by atoms with Gasteiger partial charge in [-0.1, -0.05) is 59.7 Å². The van der Waals surface area contributed by atoms with Crippen molar-refractivity contribution >= 4 is 83.8 Å². The number of fused-ring (bicyclic) bond motifs is 5. The molecule has 0 spiro atoms. The molecule has 0 N–H and O–H groups in total. The molecule has 3 heterocycles. The van der Waals surface area contributed by atoms with Crippen LogP contribution in [0.5, 0.6) is 11.5 Å². The number of rotatable bonds is 6. The van der Waals surface area contributed by atoms with Gasteiger partial charge in [0.25, 0.3) is 0 Å². The summed E-state index contributed by atoms with van der Waals surface area (Å²) in [4.78, 5) is 10.1. The van der Waals surface area contributed by atoms with Gasteiger partial charge in [-0.15, -0.1) is 0 Å². The Labute approximate surface area is 394 Å². The summed E-state index contributed by atoms with van der Waals surface area (Å²) in [5, 5.41) is 3.46. The predicted octanol–water partition coefficient (Wildman–Crippen LogP) is 17.1. The molecule has 0 radical (unpaired) electrons. The van der Waals surface area contributed by atoms with Gasteiger partial charge in [-0.2, -0.15) is 0 Å². The number of thiazole rings is 1. The number of aromatic nitrogens is 2. The van der Waals surface area contributed by atoms with Gasteiger partial charge >= 0.3 is 263 Å². The maximum atomic E-state index is 6.89. The molecule has 0 bridgehead atoms. The Hall–Kier alpha value is -5.05. The number of ether oxygens (including phenoxy) is 1. The van der Waals surface area contributed by atoms with E-state index in [-0.39, 0.29) is 23.6 Å². The second kappa shape index (κ2) is 15.5. The number of nitrogens with zero attached hydrogens (tertiary/aromatic N) is 4. The first-order chi connectivity index (χ1) is 30.4. The van der Waals surface area contributed by atoms with Crippen LogP contribution in [-0.2, 0) is 10.8 Å². The number of benzene rings is 6. The van der Waals surface area contributed by atoms with Crippen molar-refractivity contribution in [3.05, 3.63) is 139 Å². The molecule has 0 saturated carbocycles. The average molecular weight is 942 g/mol. The summed E-state index contributed by atoms with van der Waals surface area (Å²) >= 11 is -1.28. The van der Waals surface area contributed by atoms with Crippen LogP contribution < -0.4 is 18.9 Å². The third kappa shape index (κ3) is 7.66. The van der Waals surface area contributed by atoms with Crippen LogP contribution in [0.4, 0.5) is 22.7 Å². The smallest absolute Gasteiger partial charge is 0.0600 e. The second-order valence-electron chi connectivity index (χ2n) is 23.6. The van der Waals surface area contributed by atoms with Crippen LogP contribution in [0.25, 0.3) is 37.2 Å². The van der Waals surface area contributed by atoms with E-state index in [1.165, 1.54) is 49.2 Å². The number of hydrogen-bond donors (Lipinski definition) is 0. The Kier molecular flexibility index (Phi) is 10.8. The number of anilines is 4. The molecule has 0 fully saturated rings. The summed E-state index contributed by atoms with van der Waals surface area (Å²) in [6.45, 7) is 37.1. The normalized spacial score (nSPS) is 14.3. The van der Waals surface area contributed by atoms with Gasteiger partial charge in [0.2, 0.25) is 0 Å². The first-order valence-corrected chi connectivity index (χ1v) is 28.4. The van der Waals surface area contributed by atoms with Crippen molar-refractivity contribution in [1.82, 2.24) is 9.55 Å². The first-order valence-electron chi connectivity index (χ1n) is 23.4. The Morgan fingerprint density at radius 1 is 0.508 bits per heavy atom. The van der Waals surface area contributed by atoms with Gasteiger partial charge in [0.1, 0.15) is 6.67 Å². The van der Waals surface area contributed by atoms with E-state index in [1.807, 2.05) is 0 Å². The molecular weight excluding hydrogens is 873 g/mol. The van der Waals surface area contributed by atoms with E-state index in [2.05, 4.69) is 246 Å². The van der Waals surface area contributed by atoms with E-state index >= 15 is 0 Å². The van der Waals surface area contributed by atoms with Crippen LogP contribution in [0.3, 0.4) is 0 Å². The quantitative estimate of drug-likeness (QED) is 0.156. The van der Waals surface area contributed by atoms with E-state index in [1.54, 1.807) is 15.7 Å². The zero-order valence-electron chi connectivity index (χ0n) is 41.4. The molecule has 0 saturated heterocycles. The molecule has 8 aromatic rings. The van der Waals surface area contributed by atoms with Gasteiger partial charge in [0, 0.05) is 5.69 Å². The van der Waals surface area contributed by atoms with Crippen molar-refractivity contribution in [3.63, 3.8) is 0 Å². The number of para-hydroxylation sites is 3. The zero-order chi connectivity index (χ0) is 46.6. The summed E-state index contributed by atoms with van der Waals surface area (Å²) in [5.74, 6) is 1.59. The minimum Gasteiger partial charge on any atom is -0.0600 e. The molecule has 0 unspecified atom stereocenters. The average Bonchev–Trinajstić information content (AvgIpc) is 3.90. The first kappa shape index (κ1) is 45.1. The van der Waals surface area contributed by atoms with Crippen LogP contribution in [0.1, 0.15) is 115 Å². The fourth-order valence-corrected chi connectivity index (χ4v) is 34.3.